The first kappa shape index (κ1) is 28.9. The number of rotatable bonds is 5. The number of nitrogens with zero attached hydrogens (tertiary/aromatic N) is 1. The van der Waals surface area contributed by atoms with Gasteiger partial charge in [-0.3, -0.25) is 9.78 Å². The molecule has 7 heteroatoms. The molecule has 1 amide bonds. The molecular weight excluding hydrogens is 504 g/mol. The molecule has 1 aromatic carbocycles. The summed E-state index contributed by atoms with van der Waals surface area (Å²) in [6, 6.07) is 6.16. The second-order valence-electron chi connectivity index (χ2n) is 10.9. The van der Waals surface area contributed by atoms with E-state index in [-0.39, 0.29) is 23.2 Å². The Morgan fingerprint density at radius 1 is 1.15 bits per heavy atom. The van der Waals surface area contributed by atoms with E-state index in [4.69, 9.17) is 0 Å². The molecular formula is C32H36F4N2O. The van der Waals surface area contributed by atoms with Crippen molar-refractivity contribution in [2.24, 2.45) is 11.8 Å². The zero-order valence-electron chi connectivity index (χ0n) is 22.8. The Labute approximate surface area is 228 Å². The molecule has 3 unspecified atom stereocenters. The molecule has 4 rings (SSSR count). The number of allylic oxidation sites excluding steroid dienone is 2. The van der Waals surface area contributed by atoms with E-state index in [9.17, 15) is 22.4 Å². The summed E-state index contributed by atoms with van der Waals surface area (Å²) in [5.41, 5.74) is 4.33. The first-order chi connectivity index (χ1) is 18.6. The van der Waals surface area contributed by atoms with Crippen LogP contribution in [-0.2, 0) is 0 Å². The molecule has 0 radical (unpaired) electrons. The van der Waals surface area contributed by atoms with E-state index >= 15 is 0 Å². The van der Waals surface area contributed by atoms with Crippen LogP contribution in [0.2, 0.25) is 0 Å². The van der Waals surface area contributed by atoms with E-state index in [1.807, 2.05) is 5.32 Å². The third-order valence-corrected chi connectivity index (χ3v) is 8.17. The van der Waals surface area contributed by atoms with Crippen LogP contribution in [0.5, 0.6) is 0 Å². The minimum absolute atomic E-state index is 0.0577. The van der Waals surface area contributed by atoms with Gasteiger partial charge in [0, 0.05) is 18.2 Å². The molecule has 3 atom stereocenters. The molecule has 3 nitrogen and oxygen atoms in total. The minimum Gasteiger partial charge on any atom is -0.340 e. The molecule has 1 heterocycles. The van der Waals surface area contributed by atoms with Gasteiger partial charge >= 0.3 is 6.18 Å². The average molecular weight is 541 g/mol. The normalized spacial score (nSPS) is 20.9. The number of amides is 1. The Morgan fingerprint density at radius 3 is 2.54 bits per heavy atom. The van der Waals surface area contributed by atoms with E-state index in [0.717, 1.165) is 54.9 Å². The second kappa shape index (κ2) is 12.4. The Kier molecular flexibility index (Phi) is 9.15. The van der Waals surface area contributed by atoms with Crippen LogP contribution in [0.1, 0.15) is 105 Å². The van der Waals surface area contributed by atoms with Crippen LogP contribution < -0.4 is 5.32 Å². The Bertz CT molecular complexity index is 1260. The van der Waals surface area contributed by atoms with Crippen LogP contribution in [0.25, 0.3) is 11.1 Å². The van der Waals surface area contributed by atoms with Crippen molar-refractivity contribution in [1.29, 1.82) is 0 Å². The van der Waals surface area contributed by atoms with Crippen molar-refractivity contribution >= 4 is 17.1 Å². The van der Waals surface area contributed by atoms with Gasteiger partial charge < -0.3 is 5.32 Å². The summed E-state index contributed by atoms with van der Waals surface area (Å²) in [6.07, 6.45) is 5.01. The number of carbonyl (C=O) groups excluding carboxylic acids is 1. The topological polar surface area (TPSA) is 42.0 Å². The van der Waals surface area contributed by atoms with E-state index in [2.05, 4.69) is 30.7 Å². The van der Waals surface area contributed by atoms with Crippen LogP contribution in [-0.4, -0.2) is 23.1 Å². The quantitative estimate of drug-likeness (QED) is 0.306. The fourth-order valence-electron chi connectivity index (χ4n) is 5.90. The number of aromatic nitrogens is 1. The van der Waals surface area contributed by atoms with E-state index in [1.165, 1.54) is 37.6 Å². The number of nitrogens with one attached hydrogen (secondary N) is 1. The number of unbranched alkanes of at least 4 members (excludes halogenated alkanes) is 1. The summed E-state index contributed by atoms with van der Waals surface area (Å²) in [7, 11) is 0. The molecule has 2 aromatic rings. The number of hydrogen-bond donors (Lipinski definition) is 1. The lowest BCUT2D eigenvalue weighted by Crippen LogP contribution is -2.43. The first-order valence-electron chi connectivity index (χ1n) is 14.0. The molecule has 1 aromatic heterocycles. The van der Waals surface area contributed by atoms with Gasteiger partial charge in [-0.05, 0) is 78.5 Å². The van der Waals surface area contributed by atoms with Crippen molar-refractivity contribution in [3.05, 3.63) is 64.7 Å². The summed E-state index contributed by atoms with van der Waals surface area (Å²) in [4.78, 5) is 17.0. The number of alkyl halides is 3. The number of fused-ring (bicyclic) bond motifs is 1. The minimum atomic E-state index is -4.53. The number of benzene rings is 1. The predicted molar refractivity (Wildman–Crippen MR) is 146 cm³/mol. The molecule has 1 fully saturated rings. The summed E-state index contributed by atoms with van der Waals surface area (Å²) >= 11 is 0. The maximum atomic E-state index is 14.5. The van der Waals surface area contributed by atoms with Gasteiger partial charge in [-0.25, -0.2) is 4.39 Å². The smallest absolute Gasteiger partial charge is 0.340 e. The number of pyridine rings is 1. The molecule has 2 aliphatic carbocycles. The lowest BCUT2D eigenvalue weighted by atomic mass is 9.70. The van der Waals surface area contributed by atoms with Crippen molar-refractivity contribution in [2.75, 3.05) is 0 Å². The lowest BCUT2D eigenvalue weighted by molar-refractivity contribution is -0.149. The molecule has 208 valence electrons. The molecule has 39 heavy (non-hydrogen) atoms. The van der Waals surface area contributed by atoms with Gasteiger partial charge in [0.1, 0.15) is 11.9 Å². The Hall–Kier alpha value is -3.14. The average Bonchev–Trinajstić information content (AvgIpc) is 3.03. The van der Waals surface area contributed by atoms with Gasteiger partial charge in [0.15, 0.2) is 0 Å². The fourth-order valence-corrected chi connectivity index (χ4v) is 5.90. The third-order valence-electron chi connectivity index (χ3n) is 8.17. The summed E-state index contributed by atoms with van der Waals surface area (Å²) < 4.78 is 53.3. The van der Waals surface area contributed by atoms with Crippen molar-refractivity contribution in [1.82, 2.24) is 10.3 Å². The Balaban J connectivity index is 1.79. The van der Waals surface area contributed by atoms with Gasteiger partial charge in [0.05, 0.1) is 11.3 Å². The highest BCUT2D eigenvalue weighted by Crippen LogP contribution is 2.48. The number of carbonyl (C=O) groups is 1. The van der Waals surface area contributed by atoms with Crippen LogP contribution in [0.4, 0.5) is 17.6 Å². The van der Waals surface area contributed by atoms with E-state index < -0.39 is 18.1 Å². The maximum absolute atomic E-state index is 14.5. The summed E-state index contributed by atoms with van der Waals surface area (Å²) in [5, 5.41) is 1.99. The fraction of sp³-hybridized carbons (Fsp3) is 0.500. The standard InChI is InChI=1S/C32H36F4N2O/c1-4-5-7-12-25-26-15-14-24(33)17-28(26)20(2)27(22-10-8-6-9-11-22)18-29(25)30-16-13-23(19-37-30)31(39)38-21(3)32(34,35)36/h13-17,19-22,27H,4-6,8-11,18H2,1-3H3,(H,38,39). The van der Waals surface area contributed by atoms with Crippen molar-refractivity contribution in [3.8, 4) is 11.8 Å². The highest BCUT2D eigenvalue weighted by molar-refractivity contribution is 6.00. The molecule has 2 aliphatic rings. The zero-order valence-corrected chi connectivity index (χ0v) is 22.8. The summed E-state index contributed by atoms with van der Waals surface area (Å²) in [5.74, 6) is 6.42. The Morgan fingerprint density at radius 2 is 1.90 bits per heavy atom. The van der Waals surface area contributed by atoms with Crippen LogP contribution in [0, 0.1) is 29.5 Å². The molecule has 0 aliphatic heterocycles. The van der Waals surface area contributed by atoms with Crippen LogP contribution in [0.3, 0.4) is 0 Å². The van der Waals surface area contributed by atoms with Gasteiger partial charge in [0.25, 0.3) is 5.91 Å². The first-order valence-corrected chi connectivity index (χ1v) is 14.0. The van der Waals surface area contributed by atoms with Gasteiger partial charge in [-0.15, -0.1) is 0 Å². The van der Waals surface area contributed by atoms with E-state index in [0.29, 0.717) is 18.0 Å². The van der Waals surface area contributed by atoms with Crippen LogP contribution >= 0.6 is 0 Å². The summed E-state index contributed by atoms with van der Waals surface area (Å²) in [6.45, 7) is 5.15. The largest absolute Gasteiger partial charge is 0.408 e. The highest BCUT2D eigenvalue weighted by Gasteiger charge is 2.38. The van der Waals surface area contributed by atoms with Gasteiger partial charge in [-0.2, -0.15) is 13.2 Å². The van der Waals surface area contributed by atoms with Crippen molar-refractivity contribution < 1.29 is 22.4 Å². The SMILES string of the molecule is CCCC#CC1=C(c2ccc(C(=O)NC(C)C(F)(F)F)cn2)CC(C2CCCCC2)C(C)c2cc(F)ccc21. The van der Waals surface area contributed by atoms with Gasteiger partial charge in [-0.1, -0.05) is 63.9 Å². The van der Waals surface area contributed by atoms with Crippen molar-refractivity contribution in [3.63, 3.8) is 0 Å². The lowest BCUT2D eigenvalue weighted by Gasteiger charge is -2.34. The highest BCUT2D eigenvalue weighted by atomic mass is 19.4. The monoisotopic (exact) mass is 540 g/mol. The maximum Gasteiger partial charge on any atom is 0.408 e. The number of hydrogen-bond acceptors (Lipinski definition) is 2. The third kappa shape index (κ3) is 6.72. The van der Waals surface area contributed by atoms with Crippen LogP contribution in [0.15, 0.2) is 36.5 Å². The molecule has 1 N–H and O–H groups in total. The number of halogens is 4. The molecule has 1 saturated carbocycles. The van der Waals surface area contributed by atoms with Gasteiger partial charge in [0.2, 0.25) is 0 Å². The second-order valence-corrected chi connectivity index (χ2v) is 10.9. The molecule has 0 bridgehead atoms. The predicted octanol–water partition coefficient (Wildman–Crippen LogP) is 8.32. The van der Waals surface area contributed by atoms with E-state index in [1.54, 1.807) is 18.2 Å². The molecule has 0 saturated heterocycles. The zero-order chi connectivity index (χ0) is 28.2. The van der Waals surface area contributed by atoms with Crippen molar-refractivity contribution in [2.45, 2.75) is 90.3 Å². The molecule has 0 spiro atoms.